The molecule has 0 radical (unpaired) electrons. The molecule has 1 aliphatic heterocycles. The lowest BCUT2D eigenvalue weighted by atomic mass is 9.96. The van der Waals surface area contributed by atoms with E-state index in [0.717, 1.165) is 8.61 Å². The first-order valence-electron chi connectivity index (χ1n) is 8.32. The summed E-state index contributed by atoms with van der Waals surface area (Å²) < 4.78 is 31.3. The number of piperidine rings is 1. The Kier molecular flexibility index (Phi) is 6.25. The summed E-state index contributed by atoms with van der Waals surface area (Å²) in [5.41, 5.74) is 0.959. The molecule has 0 aromatic heterocycles. The molecule has 9 heteroatoms. The molecule has 2 rings (SSSR count). The Morgan fingerprint density at radius 1 is 1.08 bits per heavy atom. The number of methoxy groups -OCH3 is 1. The Morgan fingerprint density at radius 3 is 2.08 bits per heavy atom. The van der Waals surface area contributed by atoms with E-state index in [9.17, 15) is 18.0 Å². The number of esters is 1. The third-order valence-corrected chi connectivity index (χ3v) is 6.43. The van der Waals surface area contributed by atoms with E-state index in [-0.39, 0.29) is 17.8 Å². The molecule has 1 saturated heterocycles. The molecule has 0 aliphatic carbocycles. The Balaban J connectivity index is 2.05. The first-order chi connectivity index (χ1) is 12.2. The highest BCUT2D eigenvalue weighted by Gasteiger charge is 2.28. The molecule has 1 aromatic carbocycles. The van der Waals surface area contributed by atoms with Crippen molar-refractivity contribution in [3.05, 3.63) is 29.8 Å². The van der Waals surface area contributed by atoms with Gasteiger partial charge in [-0.05, 0) is 37.1 Å². The van der Waals surface area contributed by atoms with Crippen molar-refractivity contribution < 1.29 is 22.7 Å². The molecule has 8 nitrogen and oxygen atoms in total. The minimum Gasteiger partial charge on any atom is -0.469 e. The maximum absolute atomic E-state index is 12.6. The van der Waals surface area contributed by atoms with Crippen LogP contribution in [0.1, 0.15) is 23.2 Å². The molecule has 1 aromatic rings. The normalized spacial score (nSPS) is 15.8. The van der Waals surface area contributed by atoms with Crippen molar-refractivity contribution in [3.8, 4) is 0 Å². The molecule has 0 saturated carbocycles. The predicted molar refractivity (Wildman–Crippen MR) is 98.1 cm³/mol. The van der Waals surface area contributed by atoms with Crippen LogP contribution in [0.25, 0.3) is 0 Å². The van der Waals surface area contributed by atoms with Crippen LogP contribution in [-0.4, -0.2) is 70.8 Å². The van der Waals surface area contributed by atoms with Gasteiger partial charge in [0.1, 0.15) is 0 Å². The first kappa shape index (κ1) is 20.2. The third-order valence-electron chi connectivity index (χ3n) is 4.60. The van der Waals surface area contributed by atoms with Gasteiger partial charge in [0.2, 0.25) is 0 Å². The summed E-state index contributed by atoms with van der Waals surface area (Å²) in [6, 6.07) is 6.45. The van der Waals surface area contributed by atoms with E-state index in [1.807, 2.05) is 0 Å². The Hall–Kier alpha value is -2.13. The van der Waals surface area contributed by atoms with Gasteiger partial charge in [0.05, 0.1) is 18.7 Å². The fourth-order valence-electron chi connectivity index (χ4n) is 2.86. The van der Waals surface area contributed by atoms with E-state index in [0.29, 0.717) is 37.2 Å². The molecule has 0 atom stereocenters. The summed E-state index contributed by atoms with van der Waals surface area (Å²) in [5, 5.41) is 0. The average molecular weight is 383 g/mol. The van der Waals surface area contributed by atoms with Crippen LogP contribution in [0.4, 0.5) is 5.69 Å². The zero-order chi connectivity index (χ0) is 19.5. The molecular weight excluding hydrogens is 358 g/mol. The van der Waals surface area contributed by atoms with Crippen molar-refractivity contribution >= 4 is 27.8 Å². The van der Waals surface area contributed by atoms with Crippen molar-refractivity contribution in [2.24, 2.45) is 5.92 Å². The fourth-order valence-corrected chi connectivity index (χ4v) is 3.74. The number of amides is 1. The van der Waals surface area contributed by atoms with Gasteiger partial charge in [0, 0.05) is 39.8 Å². The number of carbonyl (C=O) groups excluding carboxylic acids is 2. The van der Waals surface area contributed by atoms with E-state index in [1.54, 1.807) is 29.2 Å². The molecular formula is C17H25N3O5S. The maximum atomic E-state index is 12.6. The van der Waals surface area contributed by atoms with Gasteiger partial charge in [-0.15, -0.1) is 0 Å². The van der Waals surface area contributed by atoms with Crippen LogP contribution >= 0.6 is 0 Å². The molecule has 144 valence electrons. The van der Waals surface area contributed by atoms with Crippen LogP contribution in [0.5, 0.6) is 0 Å². The number of nitrogens with zero attached hydrogens (tertiary/aromatic N) is 3. The largest absolute Gasteiger partial charge is 0.469 e. The van der Waals surface area contributed by atoms with Gasteiger partial charge >= 0.3 is 16.2 Å². The topological polar surface area (TPSA) is 87.2 Å². The molecule has 0 spiro atoms. The maximum Gasteiger partial charge on any atom is 0.308 e. The van der Waals surface area contributed by atoms with E-state index < -0.39 is 10.2 Å². The van der Waals surface area contributed by atoms with Gasteiger partial charge in [-0.1, -0.05) is 0 Å². The van der Waals surface area contributed by atoms with Crippen molar-refractivity contribution in [1.82, 2.24) is 9.21 Å². The monoisotopic (exact) mass is 383 g/mol. The highest BCUT2D eigenvalue weighted by Crippen LogP contribution is 2.22. The van der Waals surface area contributed by atoms with Crippen LogP contribution in [0, 0.1) is 5.92 Å². The predicted octanol–water partition coefficient (Wildman–Crippen LogP) is 0.954. The number of anilines is 1. The Labute approximate surface area is 154 Å². The average Bonchev–Trinajstić information content (AvgIpc) is 2.66. The number of hydrogen-bond donors (Lipinski definition) is 0. The quantitative estimate of drug-likeness (QED) is 0.707. The van der Waals surface area contributed by atoms with Crippen LogP contribution < -0.4 is 4.31 Å². The minimum absolute atomic E-state index is 0.127. The van der Waals surface area contributed by atoms with Gasteiger partial charge in [0.25, 0.3) is 5.91 Å². The van der Waals surface area contributed by atoms with Gasteiger partial charge in [-0.25, -0.2) is 0 Å². The van der Waals surface area contributed by atoms with Gasteiger partial charge in [-0.2, -0.15) is 12.7 Å². The second-order valence-corrected chi connectivity index (χ2v) is 8.57. The van der Waals surface area contributed by atoms with E-state index in [2.05, 4.69) is 0 Å². The molecule has 0 N–H and O–H groups in total. The molecule has 1 aliphatic rings. The summed E-state index contributed by atoms with van der Waals surface area (Å²) in [5.74, 6) is -0.513. The second kappa shape index (κ2) is 8.05. The zero-order valence-corrected chi connectivity index (χ0v) is 16.3. The Morgan fingerprint density at radius 2 is 1.62 bits per heavy atom. The van der Waals surface area contributed by atoms with E-state index in [4.69, 9.17) is 4.74 Å². The summed E-state index contributed by atoms with van der Waals surface area (Å²) in [6.07, 6.45) is 1.17. The fraction of sp³-hybridized carbons (Fsp3) is 0.529. The number of hydrogen-bond acceptors (Lipinski definition) is 5. The van der Waals surface area contributed by atoms with Crippen LogP contribution in [-0.2, 0) is 19.7 Å². The summed E-state index contributed by atoms with van der Waals surface area (Å²) in [6.45, 7) is 0.991. The second-order valence-electron chi connectivity index (χ2n) is 6.39. The highest BCUT2D eigenvalue weighted by atomic mass is 32.2. The van der Waals surface area contributed by atoms with Crippen molar-refractivity contribution in [1.29, 1.82) is 0 Å². The molecule has 0 bridgehead atoms. The Bertz CT molecular complexity index is 753. The van der Waals surface area contributed by atoms with Crippen molar-refractivity contribution in [3.63, 3.8) is 0 Å². The van der Waals surface area contributed by atoms with E-state index in [1.165, 1.54) is 28.3 Å². The summed E-state index contributed by atoms with van der Waals surface area (Å²) in [7, 11) is 2.18. The summed E-state index contributed by atoms with van der Waals surface area (Å²) in [4.78, 5) is 25.9. The van der Waals surface area contributed by atoms with E-state index >= 15 is 0 Å². The molecule has 26 heavy (non-hydrogen) atoms. The smallest absolute Gasteiger partial charge is 0.308 e. The lowest BCUT2D eigenvalue weighted by molar-refractivity contribution is -0.146. The molecule has 1 fully saturated rings. The number of carbonyl (C=O) groups is 2. The van der Waals surface area contributed by atoms with Gasteiger partial charge in [-0.3, -0.25) is 13.9 Å². The molecule has 1 heterocycles. The van der Waals surface area contributed by atoms with Crippen molar-refractivity contribution in [2.45, 2.75) is 12.8 Å². The minimum atomic E-state index is -3.57. The highest BCUT2D eigenvalue weighted by molar-refractivity contribution is 7.90. The third kappa shape index (κ3) is 4.16. The standard InChI is InChI=1S/C17H25N3O5S/c1-18(2)26(23,24)19(3)15-7-5-13(6-8-15)16(21)20-11-9-14(10-12-20)17(22)25-4/h5-8,14H,9-12H2,1-4H3. The molecule has 1 amide bonds. The summed E-state index contributed by atoms with van der Waals surface area (Å²) >= 11 is 0. The number of benzene rings is 1. The SMILES string of the molecule is COC(=O)C1CCN(C(=O)c2ccc(N(C)S(=O)(=O)N(C)C)cc2)CC1. The van der Waals surface area contributed by atoms with Gasteiger partial charge in [0.15, 0.2) is 0 Å². The van der Waals surface area contributed by atoms with Gasteiger partial charge < -0.3 is 9.64 Å². The number of likely N-dealkylation sites (tertiary alicyclic amines) is 1. The number of rotatable bonds is 5. The van der Waals surface area contributed by atoms with Crippen LogP contribution in [0.2, 0.25) is 0 Å². The lowest BCUT2D eigenvalue weighted by Crippen LogP contribution is -2.40. The number of ether oxygens (including phenoxy) is 1. The lowest BCUT2D eigenvalue weighted by Gasteiger charge is -2.31. The van der Waals surface area contributed by atoms with Crippen LogP contribution in [0.3, 0.4) is 0 Å². The first-order valence-corrected chi connectivity index (χ1v) is 9.71. The zero-order valence-electron chi connectivity index (χ0n) is 15.5. The van der Waals surface area contributed by atoms with Crippen molar-refractivity contribution in [2.75, 3.05) is 45.6 Å². The molecule has 0 unspecified atom stereocenters. The van der Waals surface area contributed by atoms with Crippen LogP contribution in [0.15, 0.2) is 24.3 Å².